The molecule has 0 saturated carbocycles. The Morgan fingerprint density at radius 3 is 1.30 bits per heavy atom. The van der Waals surface area contributed by atoms with Crippen LogP contribution in [0.15, 0.2) is 285 Å². The van der Waals surface area contributed by atoms with Crippen molar-refractivity contribution in [3.8, 4) is 45.8 Å². The number of rotatable bonds is 7. The molecule has 12 aromatic carbocycles. The number of allylic oxidation sites excluding steroid dienone is 4. The molecule has 1 atom stereocenters. The van der Waals surface area contributed by atoms with Crippen molar-refractivity contribution < 1.29 is 0 Å². The highest BCUT2D eigenvalue weighted by Gasteiger charge is 2.32. The molecule has 0 saturated heterocycles. The Morgan fingerprint density at radius 2 is 0.775 bits per heavy atom. The van der Waals surface area contributed by atoms with Gasteiger partial charge in [-0.2, -0.15) is 5.26 Å². The molecule has 0 amide bonds. The third-order valence-corrected chi connectivity index (χ3v) is 18.7. The summed E-state index contributed by atoms with van der Waals surface area (Å²) < 4.78 is 12.2. The molecular weight excluding hydrogens is 1080 g/mol. The topological polar surface area (TPSA) is 74.2 Å². The van der Waals surface area contributed by atoms with E-state index in [4.69, 9.17) is 9.97 Å². The maximum Gasteiger partial charge on any atom is 0.136 e. The summed E-state index contributed by atoms with van der Waals surface area (Å²) in [6.07, 6.45) is 9.40. The van der Waals surface area contributed by atoms with Crippen LogP contribution in [0.3, 0.4) is 0 Å². The van der Waals surface area contributed by atoms with Crippen LogP contribution in [0.5, 0.6) is 0 Å². The zero-order chi connectivity index (χ0) is 58.4. The molecule has 1 aliphatic carbocycles. The molecule has 8 heteroatoms. The van der Waals surface area contributed by atoms with Crippen LogP contribution in [0.2, 0.25) is 0 Å². The second-order valence-corrected chi connectivity index (χ2v) is 23.4. The largest absolute Gasteiger partial charge is 0.309 e. The van der Waals surface area contributed by atoms with Crippen LogP contribution in [0, 0.1) is 11.3 Å². The molecule has 0 spiro atoms. The van der Waals surface area contributed by atoms with E-state index in [1.807, 2.05) is 0 Å². The lowest BCUT2D eigenvalue weighted by atomic mass is 9.97. The fourth-order valence-corrected chi connectivity index (χ4v) is 15.2. The minimum absolute atomic E-state index is 0.0282. The van der Waals surface area contributed by atoms with Crippen LogP contribution in [-0.2, 0) is 0 Å². The Morgan fingerprint density at radius 1 is 0.348 bits per heavy atom. The number of para-hydroxylation sites is 9. The van der Waals surface area contributed by atoms with Gasteiger partial charge in [0.2, 0.25) is 0 Å². The van der Waals surface area contributed by atoms with Crippen LogP contribution in [0.1, 0.15) is 23.7 Å². The van der Waals surface area contributed by atoms with Gasteiger partial charge in [0.25, 0.3) is 0 Å². The molecule has 19 rings (SSSR count). The van der Waals surface area contributed by atoms with Gasteiger partial charge in [0.1, 0.15) is 17.5 Å². The second-order valence-electron chi connectivity index (χ2n) is 23.4. The Labute approximate surface area is 509 Å². The van der Waals surface area contributed by atoms with Gasteiger partial charge in [-0.25, -0.2) is 9.97 Å². The third kappa shape index (κ3) is 6.92. The van der Waals surface area contributed by atoms with Gasteiger partial charge in [0.05, 0.1) is 77.8 Å². The van der Waals surface area contributed by atoms with Gasteiger partial charge in [-0.1, -0.05) is 194 Å². The van der Waals surface area contributed by atoms with Gasteiger partial charge in [-0.15, -0.1) is 0 Å². The van der Waals surface area contributed by atoms with Gasteiger partial charge in [0, 0.05) is 87.8 Å². The predicted molar refractivity (Wildman–Crippen MR) is 367 cm³/mol. The van der Waals surface area contributed by atoms with E-state index in [9.17, 15) is 5.26 Å². The number of nitriles is 1. The highest BCUT2D eigenvalue weighted by Crippen LogP contribution is 2.52. The first-order valence-electron chi connectivity index (χ1n) is 30.4. The highest BCUT2D eigenvalue weighted by molar-refractivity contribution is 6.40. The second kappa shape index (κ2) is 19.0. The van der Waals surface area contributed by atoms with E-state index in [0.29, 0.717) is 5.56 Å². The first kappa shape index (κ1) is 49.2. The summed E-state index contributed by atoms with van der Waals surface area (Å²) in [4.78, 5) is 11.0. The van der Waals surface area contributed by atoms with Gasteiger partial charge < -0.3 is 22.8 Å². The number of hydrogen-bond donors (Lipinski definition) is 0. The monoisotopic (exact) mass is 1130 g/mol. The maximum absolute atomic E-state index is 12.7. The molecule has 1 aliphatic rings. The lowest BCUT2D eigenvalue weighted by molar-refractivity contribution is 0.781. The average Bonchev–Trinajstić information content (AvgIpc) is 1.52. The fourth-order valence-electron chi connectivity index (χ4n) is 15.2. The molecule has 0 radical (unpaired) electrons. The van der Waals surface area contributed by atoms with Crippen LogP contribution >= 0.6 is 0 Å². The van der Waals surface area contributed by atoms with E-state index >= 15 is 0 Å². The standard InChI is InChI=1S/C81H50N8/c82-49-62-70(88-64-40-20-14-33-55(64)56-45-46-69-72(77(56)88)58-35-15-21-41-65(58)85(69)52-27-7-2-8-28-52)47-51(76-57-34-13-19-39-63(57)83-81(84-76)50-25-5-1-6-26-50)48-71(62)89-68-44-24-18-38-61(68)75-79-73(59-36-16-22-42-66(59)86(79)53-29-9-3-10-30-53)78-74(80(75)89)60-37-17-23-43-67(60)87(78)54-31-11-4-12-32-54/h1-25,27-48,50H,26H2. The summed E-state index contributed by atoms with van der Waals surface area (Å²) in [5.74, 6) is 0.724. The minimum atomic E-state index is -0.0282. The summed E-state index contributed by atoms with van der Waals surface area (Å²) >= 11 is 0. The lowest BCUT2D eigenvalue weighted by Gasteiger charge is -2.20. The van der Waals surface area contributed by atoms with Crippen molar-refractivity contribution in [3.63, 3.8) is 0 Å². The molecule has 0 bridgehead atoms. The lowest BCUT2D eigenvalue weighted by Crippen LogP contribution is -2.08. The van der Waals surface area contributed by atoms with Crippen molar-refractivity contribution in [1.29, 1.82) is 5.26 Å². The molecule has 18 aromatic rings. The molecule has 0 fully saturated rings. The quantitative estimate of drug-likeness (QED) is 0.160. The summed E-state index contributed by atoms with van der Waals surface area (Å²) in [6, 6.07) is 96.7. The number of nitrogens with zero attached hydrogens (tertiary/aromatic N) is 8. The number of hydrogen-bond acceptors (Lipinski definition) is 3. The Kier molecular flexibility index (Phi) is 10.5. The Bertz CT molecular complexity index is 6070. The zero-order valence-corrected chi connectivity index (χ0v) is 48.0. The molecular formula is C81H50N8. The summed E-state index contributed by atoms with van der Waals surface area (Å²) in [5, 5.41) is 24.7. The van der Waals surface area contributed by atoms with Crippen molar-refractivity contribution in [1.82, 2.24) is 32.8 Å². The van der Waals surface area contributed by atoms with E-state index in [2.05, 4.69) is 314 Å². The van der Waals surface area contributed by atoms with Gasteiger partial charge in [-0.3, -0.25) is 0 Å². The summed E-state index contributed by atoms with van der Waals surface area (Å²) in [7, 11) is 0. The van der Waals surface area contributed by atoms with E-state index < -0.39 is 0 Å². The molecule has 6 aromatic heterocycles. The fraction of sp³-hybridized carbons (Fsp3) is 0.0247. The molecule has 89 heavy (non-hydrogen) atoms. The Hall–Kier alpha value is -12.1. The summed E-state index contributed by atoms with van der Waals surface area (Å²) in [5.41, 5.74) is 18.2. The number of aromatic nitrogens is 7. The number of benzene rings is 12. The minimum Gasteiger partial charge on any atom is -0.309 e. The van der Waals surface area contributed by atoms with Crippen molar-refractivity contribution in [2.24, 2.45) is 0 Å². The Balaban J connectivity index is 1.06. The molecule has 414 valence electrons. The highest BCUT2D eigenvalue weighted by atomic mass is 15.1. The van der Waals surface area contributed by atoms with E-state index in [0.717, 1.165) is 172 Å². The van der Waals surface area contributed by atoms with Crippen molar-refractivity contribution in [3.05, 3.63) is 297 Å². The van der Waals surface area contributed by atoms with Gasteiger partial charge in [-0.05, 0) is 97.4 Å². The van der Waals surface area contributed by atoms with Gasteiger partial charge >= 0.3 is 0 Å². The SMILES string of the molecule is N#Cc1c(-n2c3ccccc3c3ccc4c(c5ccccc5n4-c4ccccc4)c32)cc(-c2nc(C3C=CC=CC3)nc3ccccc23)cc1-n1c2ccccc2c2c3c(c4ccccc4n3-c3ccccc3)c3c(c4ccccc4n3-c3ccccc3)c21. The smallest absolute Gasteiger partial charge is 0.136 e. The molecule has 6 heterocycles. The molecule has 0 N–H and O–H groups in total. The molecule has 8 nitrogen and oxygen atoms in total. The first-order valence-corrected chi connectivity index (χ1v) is 30.4. The predicted octanol–water partition coefficient (Wildman–Crippen LogP) is 20.3. The molecule has 0 aliphatic heterocycles. The third-order valence-electron chi connectivity index (χ3n) is 18.7. The molecule has 1 unspecified atom stereocenters. The maximum atomic E-state index is 12.7. The van der Waals surface area contributed by atoms with Crippen molar-refractivity contribution in [2.45, 2.75) is 12.3 Å². The van der Waals surface area contributed by atoms with Crippen molar-refractivity contribution >= 4 is 120 Å². The van der Waals surface area contributed by atoms with Crippen LogP contribution in [0.4, 0.5) is 0 Å². The zero-order valence-electron chi connectivity index (χ0n) is 48.0. The normalized spacial score (nSPS) is 13.6. The number of fused-ring (bicyclic) bond motifs is 20. The van der Waals surface area contributed by atoms with Crippen LogP contribution in [0.25, 0.3) is 160 Å². The van der Waals surface area contributed by atoms with E-state index in [1.165, 1.54) is 0 Å². The van der Waals surface area contributed by atoms with E-state index in [-0.39, 0.29) is 5.92 Å². The van der Waals surface area contributed by atoms with Crippen LogP contribution in [-0.4, -0.2) is 32.8 Å². The van der Waals surface area contributed by atoms with Crippen molar-refractivity contribution in [2.75, 3.05) is 0 Å². The average molecular weight is 1140 g/mol. The first-order chi connectivity index (χ1) is 44.2. The van der Waals surface area contributed by atoms with Gasteiger partial charge in [0.15, 0.2) is 0 Å². The summed E-state index contributed by atoms with van der Waals surface area (Å²) in [6.45, 7) is 0. The van der Waals surface area contributed by atoms with E-state index in [1.54, 1.807) is 0 Å². The van der Waals surface area contributed by atoms with Crippen LogP contribution < -0.4 is 0 Å².